The lowest BCUT2D eigenvalue weighted by Crippen LogP contribution is -2.50. The lowest BCUT2D eigenvalue weighted by atomic mass is 9.84. The first-order chi connectivity index (χ1) is 20.1. The molecule has 6 rings (SSSR count). The molecule has 0 saturated heterocycles. The van der Waals surface area contributed by atoms with E-state index in [2.05, 4.69) is 9.97 Å². The Kier molecular flexibility index (Phi) is 7.95. The number of benzene rings is 1. The summed E-state index contributed by atoms with van der Waals surface area (Å²) in [5.74, 6) is 0.718. The van der Waals surface area contributed by atoms with Crippen molar-refractivity contribution in [3.63, 3.8) is 0 Å². The SMILES string of the molecule is COc1ccc(COCc2cncc(C3=[N+](C(=O)c4ccc(-c5ccccn5)s4)C(C4=CC=CCC4O)C3)c2)cc1. The zero-order valence-corrected chi connectivity index (χ0v) is 23.5. The number of amides is 1. The summed E-state index contributed by atoms with van der Waals surface area (Å²) in [6.07, 6.45) is 11.7. The van der Waals surface area contributed by atoms with Gasteiger partial charge in [-0.1, -0.05) is 36.4 Å². The molecule has 206 valence electrons. The van der Waals surface area contributed by atoms with Crippen molar-refractivity contribution < 1.29 is 24.0 Å². The molecule has 2 unspecified atom stereocenters. The number of thiophene rings is 1. The molecule has 1 aliphatic heterocycles. The lowest BCUT2D eigenvalue weighted by Gasteiger charge is -2.30. The van der Waals surface area contributed by atoms with E-state index in [0.29, 0.717) is 30.9 Å². The second kappa shape index (κ2) is 12.1. The highest BCUT2D eigenvalue weighted by atomic mass is 32.1. The normalized spacial score (nSPS) is 18.1. The maximum Gasteiger partial charge on any atom is 0.430 e. The molecular weight excluding hydrogens is 534 g/mol. The number of pyridine rings is 2. The van der Waals surface area contributed by atoms with Crippen molar-refractivity contribution in [2.75, 3.05) is 7.11 Å². The van der Waals surface area contributed by atoms with Crippen LogP contribution in [0.1, 0.15) is 39.2 Å². The molecule has 0 bridgehead atoms. The van der Waals surface area contributed by atoms with Gasteiger partial charge in [0.25, 0.3) is 0 Å². The van der Waals surface area contributed by atoms with Crippen LogP contribution in [0.5, 0.6) is 5.75 Å². The number of aliphatic hydroxyl groups is 1. The Balaban J connectivity index is 1.26. The molecule has 0 spiro atoms. The van der Waals surface area contributed by atoms with Crippen molar-refractivity contribution in [1.82, 2.24) is 9.97 Å². The molecule has 1 N–H and O–H groups in total. The molecular formula is C33H30N3O4S+. The number of hydrogen-bond acceptors (Lipinski definition) is 7. The van der Waals surface area contributed by atoms with Gasteiger partial charge in [0.05, 0.1) is 49.0 Å². The van der Waals surface area contributed by atoms with E-state index in [9.17, 15) is 9.90 Å². The van der Waals surface area contributed by atoms with Crippen LogP contribution in [0.3, 0.4) is 0 Å². The molecule has 8 heteroatoms. The summed E-state index contributed by atoms with van der Waals surface area (Å²) in [7, 11) is 1.65. The van der Waals surface area contributed by atoms with Gasteiger partial charge in [0.1, 0.15) is 10.6 Å². The molecule has 3 aromatic heterocycles. The molecule has 0 fully saturated rings. The van der Waals surface area contributed by atoms with Gasteiger partial charge in [0, 0.05) is 24.2 Å². The Morgan fingerprint density at radius 2 is 1.93 bits per heavy atom. The third-order valence-electron chi connectivity index (χ3n) is 7.32. The number of ether oxygens (including phenoxy) is 2. The van der Waals surface area contributed by atoms with Gasteiger partial charge in [-0.2, -0.15) is 4.58 Å². The van der Waals surface area contributed by atoms with Crippen molar-refractivity contribution in [2.45, 2.75) is 38.2 Å². The number of aliphatic hydroxyl groups excluding tert-OH is 1. The molecule has 2 aliphatic rings. The standard InChI is InChI=1S/C33H30N3O4S/c1-39-25-11-9-22(10-12-25)20-40-21-23-16-24(19-34-18-23)28-17-29(26-6-2-3-8-30(26)37)36(28)33(38)32-14-13-31(41-32)27-7-4-5-15-35-27/h2-7,9-16,18-19,29-30,37H,8,17,20-21H2,1H3/q+1. The van der Waals surface area contributed by atoms with Crippen LogP contribution < -0.4 is 4.74 Å². The minimum Gasteiger partial charge on any atom is -0.497 e. The van der Waals surface area contributed by atoms with E-state index >= 15 is 0 Å². The number of methoxy groups -OCH3 is 1. The van der Waals surface area contributed by atoms with E-state index in [1.807, 2.05) is 83.5 Å². The van der Waals surface area contributed by atoms with Crippen molar-refractivity contribution >= 4 is 23.0 Å². The molecule has 0 saturated carbocycles. The Hall–Kier alpha value is -4.24. The van der Waals surface area contributed by atoms with Gasteiger partial charge < -0.3 is 14.6 Å². The molecule has 7 nitrogen and oxygen atoms in total. The van der Waals surface area contributed by atoms with Crippen LogP contribution in [-0.4, -0.2) is 50.5 Å². The molecule has 0 radical (unpaired) electrons. The number of rotatable bonds is 9. The van der Waals surface area contributed by atoms with E-state index in [1.54, 1.807) is 25.7 Å². The number of carbonyl (C=O) groups is 1. The fourth-order valence-electron chi connectivity index (χ4n) is 5.15. The van der Waals surface area contributed by atoms with E-state index in [4.69, 9.17) is 9.47 Å². The average Bonchev–Trinajstić information content (AvgIpc) is 3.50. The zero-order valence-electron chi connectivity index (χ0n) is 22.6. The summed E-state index contributed by atoms with van der Waals surface area (Å²) in [5, 5.41) is 10.7. The zero-order chi connectivity index (χ0) is 28.2. The van der Waals surface area contributed by atoms with Gasteiger partial charge in [-0.3, -0.25) is 9.97 Å². The first kappa shape index (κ1) is 27.0. The van der Waals surface area contributed by atoms with Crippen LogP contribution in [0, 0.1) is 0 Å². The summed E-state index contributed by atoms with van der Waals surface area (Å²) in [6, 6.07) is 19.2. The van der Waals surface area contributed by atoms with E-state index in [-0.39, 0.29) is 11.9 Å². The molecule has 1 aromatic carbocycles. The molecule has 41 heavy (non-hydrogen) atoms. The van der Waals surface area contributed by atoms with Crippen LogP contribution in [0.15, 0.2) is 103 Å². The van der Waals surface area contributed by atoms with Gasteiger partial charge in [-0.15, -0.1) is 11.3 Å². The van der Waals surface area contributed by atoms with Gasteiger partial charge in [-0.05, 0) is 60.0 Å². The van der Waals surface area contributed by atoms with Crippen LogP contribution >= 0.6 is 11.3 Å². The third-order valence-corrected chi connectivity index (χ3v) is 8.42. The van der Waals surface area contributed by atoms with Crippen LogP contribution in [-0.2, 0) is 18.0 Å². The highest BCUT2D eigenvalue weighted by molar-refractivity contribution is 7.17. The minimum absolute atomic E-state index is 0.0905. The Morgan fingerprint density at radius 1 is 1.07 bits per heavy atom. The molecule has 1 aliphatic carbocycles. The summed E-state index contributed by atoms with van der Waals surface area (Å²) < 4.78 is 13.0. The van der Waals surface area contributed by atoms with Crippen molar-refractivity contribution in [3.8, 4) is 16.3 Å². The summed E-state index contributed by atoms with van der Waals surface area (Å²) in [4.78, 5) is 24.4. The predicted molar refractivity (Wildman–Crippen MR) is 158 cm³/mol. The Morgan fingerprint density at radius 3 is 2.71 bits per heavy atom. The quantitative estimate of drug-likeness (QED) is 0.267. The average molecular weight is 565 g/mol. The Labute approximate surface area is 242 Å². The van der Waals surface area contributed by atoms with Crippen molar-refractivity contribution in [3.05, 3.63) is 125 Å². The summed E-state index contributed by atoms with van der Waals surface area (Å²) in [5.41, 5.74) is 5.44. The second-order valence-electron chi connectivity index (χ2n) is 9.99. The molecule has 2 atom stereocenters. The van der Waals surface area contributed by atoms with Crippen LogP contribution in [0.4, 0.5) is 0 Å². The number of carbonyl (C=O) groups excluding carboxylic acids is 1. The maximum atomic E-state index is 14.0. The molecule has 4 heterocycles. The summed E-state index contributed by atoms with van der Waals surface area (Å²) >= 11 is 1.43. The monoisotopic (exact) mass is 564 g/mol. The van der Waals surface area contributed by atoms with Crippen LogP contribution in [0.25, 0.3) is 10.6 Å². The van der Waals surface area contributed by atoms with Crippen molar-refractivity contribution in [1.29, 1.82) is 0 Å². The number of hydrogen-bond donors (Lipinski definition) is 1. The van der Waals surface area contributed by atoms with Gasteiger partial charge in [0.2, 0.25) is 5.71 Å². The minimum atomic E-state index is -0.606. The number of allylic oxidation sites excluding steroid dienone is 2. The Bertz CT molecular complexity index is 1640. The smallest absolute Gasteiger partial charge is 0.430 e. The number of nitrogens with zero attached hydrogens (tertiary/aromatic N) is 3. The molecule has 1 amide bonds. The van der Waals surface area contributed by atoms with Crippen LogP contribution in [0.2, 0.25) is 0 Å². The summed E-state index contributed by atoms with van der Waals surface area (Å²) in [6.45, 7) is 0.860. The van der Waals surface area contributed by atoms with E-state index in [0.717, 1.165) is 44.3 Å². The van der Waals surface area contributed by atoms with Gasteiger partial charge in [0.15, 0.2) is 6.04 Å². The first-order valence-corrected chi connectivity index (χ1v) is 14.3. The first-order valence-electron chi connectivity index (χ1n) is 13.5. The highest BCUT2D eigenvalue weighted by Crippen LogP contribution is 2.33. The largest absolute Gasteiger partial charge is 0.497 e. The van der Waals surface area contributed by atoms with E-state index in [1.165, 1.54) is 11.3 Å². The molecule has 4 aromatic rings. The third kappa shape index (κ3) is 5.81. The highest BCUT2D eigenvalue weighted by Gasteiger charge is 2.48. The van der Waals surface area contributed by atoms with Crippen molar-refractivity contribution in [2.24, 2.45) is 0 Å². The predicted octanol–water partition coefficient (Wildman–Crippen LogP) is 5.59. The number of aromatic nitrogens is 2. The van der Waals surface area contributed by atoms with Gasteiger partial charge in [-0.25, -0.2) is 4.79 Å². The fourth-order valence-corrected chi connectivity index (χ4v) is 6.07. The lowest BCUT2D eigenvalue weighted by molar-refractivity contribution is -0.489. The van der Waals surface area contributed by atoms with E-state index < -0.39 is 6.10 Å². The second-order valence-corrected chi connectivity index (χ2v) is 11.1. The topological polar surface area (TPSA) is 84.5 Å². The maximum absolute atomic E-state index is 14.0. The fraction of sp³-hybridized carbons (Fsp3) is 0.212. The van der Waals surface area contributed by atoms with Gasteiger partial charge >= 0.3 is 5.91 Å².